The predicted octanol–water partition coefficient (Wildman–Crippen LogP) is 2.04. The van der Waals surface area contributed by atoms with E-state index in [4.69, 9.17) is 5.84 Å². The number of pyridine rings is 2. The number of fused-ring (bicyclic) bond motifs is 1. The van der Waals surface area contributed by atoms with E-state index in [2.05, 4.69) is 34.6 Å². The summed E-state index contributed by atoms with van der Waals surface area (Å²) in [6.45, 7) is 2.12. The normalized spacial score (nSPS) is 12.7. The monoisotopic (exact) mass is 281 g/mol. The fourth-order valence-corrected chi connectivity index (χ4v) is 2.48. The summed E-state index contributed by atoms with van der Waals surface area (Å²) < 4.78 is 1.85. The van der Waals surface area contributed by atoms with Crippen molar-refractivity contribution in [1.82, 2.24) is 20.0 Å². The zero-order valence-corrected chi connectivity index (χ0v) is 12.0. The van der Waals surface area contributed by atoms with Crippen molar-refractivity contribution in [1.29, 1.82) is 0 Å². The number of rotatable bonds is 5. The maximum absolute atomic E-state index is 5.74. The summed E-state index contributed by atoms with van der Waals surface area (Å²) in [4.78, 5) is 4.50. The molecule has 0 bridgehead atoms. The number of aryl methyl sites for hydroxylation is 1. The Labute approximate surface area is 123 Å². The van der Waals surface area contributed by atoms with Gasteiger partial charge in [0.05, 0.1) is 17.8 Å². The van der Waals surface area contributed by atoms with Crippen LogP contribution in [0.15, 0.2) is 48.9 Å². The second-order valence-electron chi connectivity index (χ2n) is 5.07. The summed E-state index contributed by atoms with van der Waals surface area (Å²) in [6, 6.07) is 10.2. The van der Waals surface area contributed by atoms with E-state index in [9.17, 15) is 0 Å². The van der Waals surface area contributed by atoms with Gasteiger partial charge in [-0.3, -0.25) is 16.3 Å². The van der Waals surface area contributed by atoms with Crippen LogP contribution in [0.1, 0.15) is 29.8 Å². The zero-order valence-electron chi connectivity index (χ0n) is 12.0. The average Bonchev–Trinajstić information content (AvgIpc) is 2.97. The zero-order chi connectivity index (χ0) is 14.7. The van der Waals surface area contributed by atoms with Crippen LogP contribution in [0.3, 0.4) is 0 Å². The largest absolute Gasteiger partial charge is 0.271 e. The van der Waals surface area contributed by atoms with Crippen molar-refractivity contribution in [3.05, 3.63) is 65.7 Å². The molecule has 0 aliphatic rings. The number of nitrogens with two attached hydrogens (primary N) is 1. The van der Waals surface area contributed by atoms with Gasteiger partial charge in [-0.25, -0.2) is 4.52 Å². The molecule has 0 aliphatic carbocycles. The summed E-state index contributed by atoms with van der Waals surface area (Å²) >= 11 is 0. The topological polar surface area (TPSA) is 68.2 Å². The summed E-state index contributed by atoms with van der Waals surface area (Å²) in [5.74, 6) is 5.74. The van der Waals surface area contributed by atoms with Gasteiger partial charge in [0.2, 0.25) is 0 Å². The van der Waals surface area contributed by atoms with Crippen molar-refractivity contribution in [3.8, 4) is 0 Å². The van der Waals surface area contributed by atoms with Gasteiger partial charge in [-0.2, -0.15) is 5.10 Å². The number of aromatic nitrogens is 3. The first-order chi connectivity index (χ1) is 10.3. The third kappa shape index (κ3) is 2.79. The van der Waals surface area contributed by atoms with E-state index in [0.717, 1.165) is 29.6 Å². The highest BCUT2D eigenvalue weighted by Crippen LogP contribution is 2.21. The highest BCUT2D eigenvalue weighted by atomic mass is 15.3. The summed E-state index contributed by atoms with van der Waals surface area (Å²) in [6.07, 6.45) is 7.45. The lowest BCUT2D eigenvalue weighted by molar-refractivity contribution is 0.549. The molecule has 0 radical (unpaired) electrons. The maximum Gasteiger partial charge on any atom is 0.0710 e. The number of hydrogen-bond donors (Lipinski definition) is 2. The van der Waals surface area contributed by atoms with E-state index in [1.165, 1.54) is 5.56 Å². The summed E-state index contributed by atoms with van der Waals surface area (Å²) in [5.41, 5.74) is 7.29. The number of hydrazine groups is 1. The lowest BCUT2D eigenvalue weighted by atomic mass is 10.0. The first-order valence-corrected chi connectivity index (χ1v) is 7.14. The van der Waals surface area contributed by atoms with Gasteiger partial charge >= 0.3 is 0 Å². The van der Waals surface area contributed by atoms with Crippen LogP contribution in [0.5, 0.6) is 0 Å². The first kappa shape index (κ1) is 13.7. The highest BCUT2D eigenvalue weighted by Gasteiger charge is 2.16. The SMILES string of the molecule is CCc1ccc(CC(NN)c2cnn3ccccc23)nc1. The van der Waals surface area contributed by atoms with E-state index >= 15 is 0 Å². The fraction of sp³-hybridized carbons (Fsp3) is 0.250. The van der Waals surface area contributed by atoms with Crippen molar-refractivity contribution in [2.75, 3.05) is 0 Å². The van der Waals surface area contributed by atoms with Gasteiger partial charge in [0.25, 0.3) is 0 Å². The minimum atomic E-state index is -0.00937. The van der Waals surface area contributed by atoms with Crippen LogP contribution >= 0.6 is 0 Å². The molecule has 0 aromatic carbocycles. The second-order valence-corrected chi connectivity index (χ2v) is 5.07. The molecule has 0 amide bonds. The minimum absolute atomic E-state index is 0.00937. The van der Waals surface area contributed by atoms with Crippen molar-refractivity contribution < 1.29 is 0 Å². The average molecular weight is 281 g/mol. The molecule has 1 atom stereocenters. The van der Waals surface area contributed by atoms with Crippen LogP contribution in [-0.4, -0.2) is 14.6 Å². The Hall–Kier alpha value is -2.24. The molecule has 108 valence electrons. The molecule has 0 saturated carbocycles. The molecule has 3 aromatic heterocycles. The van der Waals surface area contributed by atoms with Crippen LogP contribution in [-0.2, 0) is 12.8 Å². The second kappa shape index (κ2) is 6.03. The Morgan fingerprint density at radius 1 is 1.24 bits per heavy atom. The third-order valence-electron chi connectivity index (χ3n) is 3.74. The molecule has 5 heteroatoms. The minimum Gasteiger partial charge on any atom is -0.271 e. The van der Waals surface area contributed by atoms with Gasteiger partial charge in [0.15, 0.2) is 0 Å². The maximum atomic E-state index is 5.74. The Kier molecular flexibility index (Phi) is 3.94. The van der Waals surface area contributed by atoms with Crippen LogP contribution in [0.4, 0.5) is 0 Å². The van der Waals surface area contributed by atoms with Gasteiger partial charge in [0.1, 0.15) is 0 Å². The molecule has 0 spiro atoms. The van der Waals surface area contributed by atoms with E-state index in [1.807, 2.05) is 41.3 Å². The number of nitrogens with zero attached hydrogens (tertiary/aromatic N) is 3. The molecule has 3 aromatic rings. The van der Waals surface area contributed by atoms with Crippen LogP contribution in [0.25, 0.3) is 5.52 Å². The van der Waals surface area contributed by atoms with E-state index in [1.54, 1.807) is 0 Å². The lowest BCUT2D eigenvalue weighted by Gasteiger charge is -2.14. The van der Waals surface area contributed by atoms with Crippen LogP contribution in [0, 0.1) is 0 Å². The predicted molar refractivity (Wildman–Crippen MR) is 82.6 cm³/mol. The molecule has 0 saturated heterocycles. The molecule has 5 nitrogen and oxygen atoms in total. The highest BCUT2D eigenvalue weighted by molar-refractivity contribution is 5.55. The van der Waals surface area contributed by atoms with Crippen molar-refractivity contribution in [2.45, 2.75) is 25.8 Å². The third-order valence-corrected chi connectivity index (χ3v) is 3.74. The van der Waals surface area contributed by atoms with Crippen molar-refractivity contribution in [2.24, 2.45) is 5.84 Å². The quantitative estimate of drug-likeness (QED) is 0.555. The van der Waals surface area contributed by atoms with E-state index < -0.39 is 0 Å². The summed E-state index contributed by atoms with van der Waals surface area (Å²) in [5, 5.41) is 4.36. The van der Waals surface area contributed by atoms with Crippen molar-refractivity contribution in [3.63, 3.8) is 0 Å². The molecule has 3 heterocycles. The smallest absolute Gasteiger partial charge is 0.0710 e. The molecular weight excluding hydrogens is 262 g/mol. The Morgan fingerprint density at radius 2 is 2.14 bits per heavy atom. The molecule has 1 unspecified atom stereocenters. The standard InChI is InChI=1S/C16H19N5/c1-2-12-6-7-13(18-10-12)9-15(20-17)14-11-19-21-8-4-3-5-16(14)21/h3-8,10-11,15,20H,2,9,17H2,1H3. The first-order valence-electron chi connectivity index (χ1n) is 7.14. The van der Waals surface area contributed by atoms with Gasteiger partial charge in [-0.1, -0.05) is 19.1 Å². The lowest BCUT2D eigenvalue weighted by Crippen LogP contribution is -2.29. The summed E-state index contributed by atoms with van der Waals surface area (Å²) in [7, 11) is 0. The van der Waals surface area contributed by atoms with E-state index in [0.29, 0.717) is 0 Å². The Morgan fingerprint density at radius 3 is 2.86 bits per heavy atom. The van der Waals surface area contributed by atoms with Crippen LogP contribution < -0.4 is 11.3 Å². The van der Waals surface area contributed by atoms with Gasteiger partial charge < -0.3 is 0 Å². The van der Waals surface area contributed by atoms with Crippen LogP contribution in [0.2, 0.25) is 0 Å². The van der Waals surface area contributed by atoms with Gasteiger partial charge in [0, 0.05) is 30.1 Å². The van der Waals surface area contributed by atoms with E-state index in [-0.39, 0.29) is 6.04 Å². The fourth-order valence-electron chi connectivity index (χ4n) is 2.48. The Balaban J connectivity index is 1.87. The van der Waals surface area contributed by atoms with Gasteiger partial charge in [-0.05, 0) is 30.2 Å². The Bertz CT molecular complexity index is 717. The molecular formula is C16H19N5. The molecule has 3 N–H and O–H groups in total. The molecule has 0 aliphatic heterocycles. The van der Waals surface area contributed by atoms with Crippen molar-refractivity contribution >= 4 is 5.52 Å². The van der Waals surface area contributed by atoms with Gasteiger partial charge in [-0.15, -0.1) is 0 Å². The molecule has 3 rings (SSSR count). The molecule has 21 heavy (non-hydrogen) atoms. The number of hydrogen-bond acceptors (Lipinski definition) is 4. The molecule has 0 fully saturated rings. The number of nitrogens with one attached hydrogen (secondary N) is 1.